The molecule has 2 aromatic carbocycles. The molecule has 0 aromatic heterocycles. The van der Waals surface area contributed by atoms with Crippen molar-refractivity contribution in [1.82, 2.24) is 0 Å². The van der Waals surface area contributed by atoms with E-state index in [1.165, 1.54) is 27.9 Å². The highest BCUT2D eigenvalue weighted by atomic mass is 15.1. The first kappa shape index (κ1) is 20.3. The standard InChI is InChI=1S/C25H33N3/c1-6-27-16-18(2)21-14-23-24(15-22(21)19(3)26)28(13-12-25(23,4)5)17-20-10-8-7-9-11-20/h6-11,14-16,19H,12-13,17,26H2,1-5H3/b18-16+,27-6?. The number of hydrogen-bond donors (Lipinski definition) is 1. The van der Waals surface area contributed by atoms with Gasteiger partial charge in [-0.3, -0.25) is 4.99 Å². The molecule has 3 heteroatoms. The highest BCUT2D eigenvalue weighted by molar-refractivity contribution is 5.74. The zero-order valence-electron chi connectivity index (χ0n) is 17.9. The lowest BCUT2D eigenvalue weighted by molar-refractivity contribution is 0.452. The van der Waals surface area contributed by atoms with Crippen LogP contribution in [-0.2, 0) is 12.0 Å². The van der Waals surface area contributed by atoms with E-state index in [0.29, 0.717) is 0 Å². The topological polar surface area (TPSA) is 41.6 Å². The smallest absolute Gasteiger partial charge is 0.0429 e. The fourth-order valence-corrected chi connectivity index (χ4v) is 4.02. The van der Waals surface area contributed by atoms with Gasteiger partial charge in [0.05, 0.1) is 0 Å². The number of allylic oxidation sites excluding steroid dienone is 1. The van der Waals surface area contributed by atoms with Gasteiger partial charge in [-0.15, -0.1) is 0 Å². The summed E-state index contributed by atoms with van der Waals surface area (Å²) in [6.45, 7) is 12.8. The first-order valence-corrected chi connectivity index (χ1v) is 10.2. The number of nitrogens with two attached hydrogens (primary N) is 1. The van der Waals surface area contributed by atoms with Crippen LogP contribution < -0.4 is 10.6 Å². The van der Waals surface area contributed by atoms with Gasteiger partial charge in [0.2, 0.25) is 0 Å². The summed E-state index contributed by atoms with van der Waals surface area (Å²) in [4.78, 5) is 6.84. The molecule has 0 saturated heterocycles. The third-order valence-electron chi connectivity index (χ3n) is 5.79. The summed E-state index contributed by atoms with van der Waals surface area (Å²) in [5.41, 5.74) is 14.2. The summed E-state index contributed by atoms with van der Waals surface area (Å²) in [5.74, 6) is 0. The largest absolute Gasteiger partial charge is 0.367 e. The van der Waals surface area contributed by atoms with Crippen LogP contribution in [-0.4, -0.2) is 12.8 Å². The quantitative estimate of drug-likeness (QED) is 0.666. The Hall–Kier alpha value is -2.39. The maximum Gasteiger partial charge on any atom is 0.0429 e. The Morgan fingerprint density at radius 3 is 2.61 bits per heavy atom. The van der Waals surface area contributed by atoms with E-state index < -0.39 is 0 Å². The third kappa shape index (κ3) is 4.20. The molecule has 1 atom stereocenters. The molecule has 3 rings (SSSR count). The Morgan fingerprint density at radius 1 is 1.25 bits per heavy atom. The predicted octanol–water partition coefficient (Wildman–Crippen LogP) is 5.85. The van der Waals surface area contributed by atoms with Crippen molar-refractivity contribution in [3.05, 3.63) is 70.9 Å². The number of rotatable bonds is 5. The highest BCUT2D eigenvalue weighted by Crippen LogP contribution is 2.43. The Balaban J connectivity index is 2.12. The molecule has 0 bridgehead atoms. The van der Waals surface area contributed by atoms with Crippen LogP contribution in [0.2, 0.25) is 0 Å². The second-order valence-electron chi connectivity index (χ2n) is 8.51. The number of benzene rings is 2. The molecule has 0 fully saturated rings. The SMILES string of the molecule is CC=N/C=C(\C)c1cc2c(cc1C(C)N)N(Cc1ccccc1)CCC2(C)C. The van der Waals surface area contributed by atoms with Gasteiger partial charge < -0.3 is 10.6 Å². The number of anilines is 1. The van der Waals surface area contributed by atoms with E-state index in [1.807, 2.05) is 19.3 Å². The second-order valence-corrected chi connectivity index (χ2v) is 8.51. The number of fused-ring (bicyclic) bond motifs is 1. The Kier molecular flexibility index (Phi) is 6.04. The molecule has 28 heavy (non-hydrogen) atoms. The zero-order valence-corrected chi connectivity index (χ0v) is 17.9. The van der Waals surface area contributed by atoms with Crippen LogP contribution >= 0.6 is 0 Å². The van der Waals surface area contributed by atoms with Crippen molar-refractivity contribution in [2.45, 2.75) is 59.0 Å². The molecule has 0 spiro atoms. The molecule has 1 heterocycles. The molecule has 0 amide bonds. The molecule has 0 radical (unpaired) electrons. The Bertz CT molecular complexity index is 876. The first-order chi connectivity index (χ1) is 13.3. The lowest BCUT2D eigenvalue weighted by Crippen LogP contribution is -2.37. The Morgan fingerprint density at radius 2 is 1.96 bits per heavy atom. The summed E-state index contributed by atoms with van der Waals surface area (Å²) in [6.07, 6.45) is 4.89. The molecule has 3 nitrogen and oxygen atoms in total. The van der Waals surface area contributed by atoms with Crippen LogP contribution in [0.4, 0.5) is 5.69 Å². The minimum atomic E-state index is -0.0297. The van der Waals surface area contributed by atoms with E-state index in [4.69, 9.17) is 5.73 Å². The van der Waals surface area contributed by atoms with Gasteiger partial charge in [0.1, 0.15) is 0 Å². The van der Waals surface area contributed by atoms with Crippen LogP contribution in [0.5, 0.6) is 0 Å². The van der Waals surface area contributed by atoms with E-state index in [0.717, 1.165) is 25.1 Å². The summed E-state index contributed by atoms with van der Waals surface area (Å²) in [7, 11) is 0. The second kappa shape index (κ2) is 8.32. The molecular formula is C25H33N3. The van der Waals surface area contributed by atoms with E-state index in [2.05, 4.69) is 80.1 Å². The van der Waals surface area contributed by atoms with E-state index >= 15 is 0 Å². The molecule has 1 aliphatic heterocycles. The van der Waals surface area contributed by atoms with Crippen LogP contribution in [0.15, 0.2) is 53.7 Å². The van der Waals surface area contributed by atoms with Crippen molar-refractivity contribution in [2.75, 3.05) is 11.4 Å². The molecule has 0 aliphatic carbocycles. The normalized spacial score (nSPS) is 17.6. The van der Waals surface area contributed by atoms with E-state index in [-0.39, 0.29) is 11.5 Å². The van der Waals surface area contributed by atoms with Crippen molar-refractivity contribution >= 4 is 17.5 Å². The van der Waals surface area contributed by atoms with Crippen molar-refractivity contribution in [3.8, 4) is 0 Å². The maximum absolute atomic E-state index is 6.40. The average molecular weight is 376 g/mol. The first-order valence-electron chi connectivity index (χ1n) is 10.2. The minimum Gasteiger partial charge on any atom is -0.367 e. The van der Waals surface area contributed by atoms with Crippen LogP contribution in [0, 0.1) is 0 Å². The van der Waals surface area contributed by atoms with Gasteiger partial charge in [-0.1, -0.05) is 44.2 Å². The van der Waals surface area contributed by atoms with Crippen LogP contribution in [0.3, 0.4) is 0 Å². The van der Waals surface area contributed by atoms with Crippen molar-refractivity contribution < 1.29 is 0 Å². The van der Waals surface area contributed by atoms with Gasteiger partial charge in [-0.05, 0) is 72.6 Å². The summed E-state index contributed by atoms with van der Waals surface area (Å²) in [6, 6.07) is 15.4. The molecule has 148 valence electrons. The fraction of sp³-hybridized carbons (Fsp3) is 0.400. The van der Waals surface area contributed by atoms with Gasteiger partial charge in [-0.2, -0.15) is 0 Å². The molecule has 1 aliphatic rings. The zero-order chi connectivity index (χ0) is 20.3. The fourth-order valence-electron chi connectivity index (χ4n) is 4.02. The minimum absolute atomic E-state index is 0.0297. The number of aliphatic imine (C=N–C) groups is 1. The molecule has 0 saturated carbocycles. The highest BCUT2D eigenvalue weighted by Gasteiger charge is 2.32. The molecular weight excluding hydrogens is 342 g/mol. The Labute approximate surface area is 170 Å². The number of hydrogen-bond acceptors (Lipinski definition) is 3. The lowest BCUT2D eigenvalue weighted by atomic mass is 9.75. The van der Waals surface area contributed by atoms with E-state index in [9.17, 15) is 0 Å². The monoisotopic (exact) mass is 375 g/mol. The van der Waals surface area contributed by atoms with Gasteiger partial charge in [0.25, 0.3) is 0 Å². The van der Waals surface area contributed by atoms with E-state index in [1.54, 1.807) is 0 Å². The lowest BCUT2D eigenvalue weighted by Gasteiger charge is -2.41. The number of nitrogens with zero attached hydrogens (tertiary/aromatic N) is 2. The third-order valence-corrected chi connectivity index (χ3v) is 5.79. The van der Waals surface area contributed by atoms with Crippen molar-refractivity contribution in [1.29, 1.82) is 0 Å². The van der Waals surface area contributed by atoms with Gasteiger partial charge in [-0.25, -0.2) is 0 Å². The summed E-state index contributed by atoms with van der Waals surface area (Å²) >= 11 is 0. The van der Waals surface area contributed by atoms with Gasteiger partial charge in [0, 0.05) is 37.2 Å². The predicted molar refractivity (Wildman–Crippen MR) is 122 cm³/mol. The molecule has 1 unspecified atom stereocenters. The van der Waals surface area contributed by atoms with Gasteiger partial charge >= 0.3 is 0 Å². The van der Waals surface area contributed by atoms with Crippen LogP contribution in [0.25, 0.3) is 5.57 Å². The summed E-state index contributed by atoms with van der Waals surface area (Å²) < 4.78 is 0. The molecule has 2 aromatic rings. The summed E-state index contributed by atoms with van der Waals surface area (Å²) in [5, 5.41) is 0. The van der Waals surface area contributed by atoms with Gasteiger partial charge in [0.15, 0.2) is 0 Å². The van der Waals surface area contributed by atoms with Crippen molar-refractivity contribution in [2.24, 2.45) is 10.7 Å². The van der Waals surface area contributed by atoms with Crippen molar-refractivity contribution in [3.63, 3.8) is 0 Å². The van der Waals surface area contributed by atoms with Crippen LogP contribution in [0.1, 0.15) is 69.3 Å². The maximum atomic E-state index is 6.40. The molecule has 2 N–H and O–H groups in total. The average Bonchev–Trinajstić information content (AvgIpc) is 2.68.